The zero-order valence-electron chi connectivity index (χ0n) is 13.6. The maximum Gasteiger partial charge on any atom is 0.387 e. The highest BCUT2D eigenvalue weighted by molar-refractivity contribution is 9.10. The second-order valence-corrected chi connectivity index (χ2v) is 7.44. The molecule has 1 saturated heterocycles. The molecule has 1 aliphatic rings. The van der Waals surface area contributed by atoms with Gasteiger partial charge in [-0.15, -0.1) is 0 Å². The number of halogens is 3. The third-order valence-electron chi connectivity index (χ3n) is 4.29. The summed E-state index contributed by atoms with van der Waals surface area (Å²) in [6.07, 6.45) is 0.942. The van der Waals surface area contributed by atoms with Crippen molar-refractivity contribution in [2.45, 2.75) is 39.5 Å². The molecule has 1 atom stereocenters. The maximum absolute atomic E-state index is 12.5. The lowest BCUT2D eigenvalue weighted by Crippen LogP contribution is -2.52. The number of alkyl halides is 2. The van der Waals surface area contributed by atoms with E-state index >= 15 is 0 Å². The van der Waals surface area contributed by atoms with Crippen LogP contribution in [0.1, 0.15) is 25.8 Å². The molecule has 1 fully saturated rings. The van der Waals surface area contributed by atoms with Gasteiger partial charge in [-0.1, -0.05) is 13.8 Å². The molecular weight excluding hydrogens is 370 g/mol. The SMILES string of the molecule is COc1cc(CN2CCC(N)C(C)(C)C2)cc(Br)c1OC(F)F. The number of nitrogens with zero attached hydrogens (tertiary/aromatic N) is 1. The summed E-state index contributed by atoms with van der Waals surface area (Å²) in [6, 6.07) is 3.73. The van der Waals surface area contributed by atoms with Crippen LogP contribution in [0.5, 0.6) is 11.5 Å². The fourth-order valence-corrected chi connectivity index (χ4v) is 3.53. The highest BCUT2D eigenvalue weighted by Crippen LogP contribution is 2.38. The van der Waals surface area contributed by atoms with Gasteiger partial charge in [0.05, 0.1) is 11.6 Å². The van der Waals surface area contributed by atoms with Crippen molar-refractivity contribution in [3.63, 3.8) is 0 Å². The van der Waals surface area contributed by atoms with E-state index in [1.165, 1.54) is 7.11 Å². The summed E-state index contributed by atoms with van der Waals surface area (Å²) in [4.78, 5) is 2.32. The second-order valence-electron chi connectivity index (χ2n) is 6.58. The molecule has 4 nitrogen and oxygen atoms in total. The summed E-state index contributed by atoms with van der Waals surface area (Å²) < 4.78 is 35.2. The lowest BCUT2D eigenvalue weighted by Gasteiger charge is -2.42. The summed E-state index contributed by atoms with van der Waals surface area (Å²) in [5.74, 6) is 0.315. The number of likely N-dealkylation sites (tertiary alicyclic amines) is 1. The first kappa shape index (κ1) is 18.4. The Morgan fingerprint density at radius 3 is 2.70 bits per heavy atom. The minimum absolute atomic E-state index is 0.0206. The smallest absolute Gasteiger partial charge is 0.387 e. The first-order valence-corrected chi connectivity index (χ1v) is 8.31. The van der Waals surface area contributed by atoms with Crippen LogP contribution in [0, 0.1) is 5.41 Å². The van der Waals surface area contributed by atoms with Gasteiger partial charge in [-0.2, -0.15) is 8.78 Å². The van der Waals surface area contributed by atoms with Gasteiger partial charge in [0.2, 0.25) is 0 Å². The van der Waals surface area contributed by atoms with Crippen LogP contribution in [0.15, 0.2) is 16.6 Å². The molecule has 130 valence electrons. The van der Waals surface area contributed by atoms with Gasteiger partial charge < -0.3 is 15.2 Å². The normalized spacial score (nSPS) is 21.5. The van der Waals surface area contributed by atoms with Crippen LogP contribution < -0.4 is 15.2 Å². The van der Waals surface area contributed by atoms with Crippen LogP contribution in [0.3, 0.4) is 0 Å². The molecule has 2 rings (SSSR count). The second kappa shape index (κ2) is 7.32. The van der Waals surface area contributed by atoms with E-state index in [-0.39, 0.29) is 17.2 Å². The van der Waals surface area contributed by atoms with E-state index in [1.54, 1.807) is 12.1 Å². The van der Waals surface area contributed by atoms with Gasteiger partial charge in [0.25, 0.3) is 0 Å². The van der Waals surface area contributed by atoms with Crippen molar-refractivity contribution in [3.8, 4) is 11.5 Å². The fourth-order valence-electron chi connectivity index (χ4n) is 2.95. The number of hydrogen-bond acceptors (Lipinski definition) is 4. The molecule has 1 aromatic rings. The predicted octanol–water partition coefficient (Wildman–Crippen LogP) is 3.62. The summed E-state index contributed by atoms with van der Waals surface area (Å²) in [5, 5.41) is 0. The largest absolute Gasteiger partial charge is 0.493 e. The number of methoxy groups -OCH3 is 1. The fraction of sp³-hybridized carbons (Fsp3) is 0.625. The van der Waals surface area contributed by atoms with Crippen LogP contribution in [-0.2, 0) is 6.54 Å². The summed E-state index contributed by atoms with van der Waals surface area (Å²) >= 11 is 3.29. The van der Waals surface area contributed by atoms with E-state index in [9.17, 15) is 8.78 Å². The summed E-state index contributed by atoms with van der Waals surface area (Å²) in [7, 11) is 1.44. The van der Waals surface area contributed by atoms with Gasteiger partial charge in [0.1, 0.15) is 0 Å². The average Bonchev–Trinajstić information content (AvgIpc) is 2.45. The minimum atomic E-state index is -2.89. The Balaban J connectivity index is 2.16. The molecule has 1 heterocycles. The lowest BCUT2D eigenvalue weighted by molar-refractivity contribution is -0.0517. The highest BCUT2D eigenvalue weighted by Gasteiger charge is 2.33. The molecular formula is C16H23BrF2N2O2. The van der Waals surface area contributed by atoms with Gasteiger partial charge in [0.15, 0.2) is 11.5 Å². The van der Waals surface area contributed by atoms with Crippen molar-refractivity contribution in [1.29, 1.82) is 0 Å². The molecule has 0 aliphatic carbocycles. The Labute approximate surface area is 144 Å². The quantitative estimate of drug-likeness (QED) is 0.830. The van der Waals surface area contributed by atoms with E-state index in [2.05, 4.69) is 39.4 Å². The Hall–Kier alpha value is -0.920. The van der Waals surface area contributed by atoms with Gasteiger partial charge in [-0.3, -0.25) is 4.90 Å². The van der Waals surface area contributed by atoms with Crippen molar-refractivity contribution in [1.82, 2.24) is 4.90 Å². The Morgan fingerprint density at radius 1 is 1.43 bits per heavy atom. The van der Waals surface area contributed by atoms with Crippen LogP contribution >= 0.6 is 15.9 Å². The summed E-state index contributed by atoms with van der Waals surface area (Å²) in [5.41, 5.74) is 7.19. The van der Waals surface area contributed by atoms with Crippen molar-refractivity contribution in [2.75, 3.05) is 20.2 Å². The van der Waals surface area contributed by atoms with E-state index in [0.717, 1.165) is 25.1 Å². The molecule has 1 aliphatic heterocycles. The van der Waals surface area contributed by atoms with Crippen LogP contribution in [-0.4, -0.2) is 37.8 Å². The van der Waals surface area contributed by atoms with Crippen LogP contribution in [0.25, 0.3) is 0 Å². The third-order valence-corrected chi connectivity index (χ3v) is 4.88. The molecule has 2 N–H and O–H groups in total. The van der Waals surface area contributed by atoms with E-state index in [1.807, 2.05) is 0 Å². The van der Waals surface area contributed by atoms with Crippen molar-refractivity contribution in [3.05, 3.63) is 22.2 Å². The molecule has 23 heavy (non-hydrogen) atoms. The minimum Gasteiger partial charge on any atom is -0.493 e. The molecule has 1 aromatic carbocycles. The number of ether oxygens (including phenoxy) is 2. The predicted molar refractivity (Wildman–Crippen MR) is 89.0 cm³/mol. The molecule has 0 amide bonds. The molecule has 7 heteroatoms. The van der Waals surface area contributed by atoms with Crippen molar-refractivity contribution < 1.29 is 18.3 Å². The Morgan fingerprint density at radius 2 is 2.13 bits per heavy atom. The van der Waals surface area contributed by atoms with Crippen molar-refractivity contribution in [2.24, 2.45) is 11.1 Å². The zero-order chi connectivity index (χ0) is 17.2. The topological polar surface area (TPSA) is 47.7 Å². The number of hydrogen-bond donors (Lipinski definition) is 1. The van der Waals surface area contributed by atoms with E-state index in [4.69, 9.17) is 10.5 Å². The first-order valence-electron chi connectivity index (χ1n) is 7.52. The lowest BCUT2D eigenvalue weighted by atomic mass is 9.79. The van der Waals surface area contributed by atoms with Crippen LogP contribution in [0.2, 0.25) is 0 Å². The highest BCUT2D eigenvalue weighted by atomic mass is 79.9. The van der Waals surface area contributed by atoms with Crippen LogP contribution in [0.4, 0.5) is 8.78 Å². The van der Waals surface area contributed by atoms with E-state index < -0.39 is 6.61 Å². The number of nitrogens with two attached hydrogens (primary N) is 1. The maximum atomic E-state index is 12.5. The Bertz CT molecular complexity index is 555. The first-order chi connectivity index (χ1) is 10.7. The van der Waals surface area contributed by atoms with E-state index in [0.29, 0.717) is 16.8 Å². The third kappa shape index (κ3) is 4.55. The molecule has 0 spiro atoms. The molecule has 0 aromatic heterocycles. The average molecular weight is 393 g/mol. The number of benzene rings is 1. The van der Waals surface area contributed by atoms with Gasteiger partial charge >= 0.3 is 6.61 Å². The molecule has 0 bridgehead atoms. The molecule has 0 saturated carbocycles. The van der Waals surface area contributed by atoms with Crippen molar-refractivity contribution >= 4 is 15.9 Å². The number of rotatable bonds is 5. The summed E-state index contributed by atoms with van der Waals surface area (Å²) in [6.45, 7) is 3.96. The monoisotopic (exact) mass is 392 g/mol. The zero-order valence-corrected chi connectivity index (χ0v) is 15.2. The van der Waals surface area contributed by atoms with Gasteiger partial charge in [-0.25, -0.2) is 0 Å². The van der Waals surface area contributed by atoms with Gasteiger partial charge in [0, 0.05) is 25.7 Å². The van der Waals surface area contributed by atoms with Gasteiger partial charge in [-0.05, 0) is 45.5 Å². The molecule has 0 radical (unpaired) electrons. The Kier molecular flexibility index (Phi) is 5.86. The standard InChI is InChI=1S/C16H23BrF2N2O2/c1-16(2)9-21(5-4-13(16)20)8-10-6-11(17)14(23-15(18)19)12(7-10)22-3/h6-7,13,15H,4-5,8-9,20H2,1-3H3. The molecule has 1 unspecified atom stereocenters. The number of piperidine rings is 1.